The average molecular weight is 352 g/mol. The Hall–Kier alpha value is -2.20. The maximum atomic E-state index is 12.7. The molecule has 1 fully saturated rings. The van der Waals surface area contributed by atoms with Crippen molar-refractivity contribution in [3.8, 4) is 0 Å². The summed E-state index contributed by atoms with van der Waals surface area (Å²) in [7, 11) is -2.06. The van der Waals surface area contributed by atoms with Crippen LogP contribution in [0.25, 0.3) is 0 Å². The number of aromatic nitrogens is 4. The second-order valence-electron chi connectivity index (χ2n) is 5.91. The topological polar surface area (TPSA) is 113 Å². The molecule has 3 rings (SSSR count). The number of aryl methyl sites for hydroxylation is 3. The number of carbonyl (C=O) groups excluding carboxylic acids is 1. The van der Waals surface area contributed by atoms with Crippen molar-refractivity contribution in [2.45, 2.75) is 37.8 Å². The molecule has 0 bridgehead atoms. The molecule has 2 N–H and O–H groups in total. The first-order valence-corrected chi connectivity index (χ1v) is 9.12. The van der Waals surface area contributed by atoms with E-state index in [4.69, 9.17) is 0 Å². The van der Waals surface area contributed by atoms with Crippen molar-refractivity contribution in [2.24, 2.45) is 7.05 Å². The van der Waals surface area contributed by atoms with Crippen molar-refractivity contribution in [2.75, 3.05) is 11.4 Å². The first kappa shape index (κ1) is 16.7. The Kier molecular flexibility index (Phi) is 4.18. The van der Waals surface area contributed by atoms with Gasteiger partial charge < -0.3 is 4.98 Å². The van der Waals surface area contributed by atoms with Crippen LogP contribution in [0.5, 0.6) is 0 Å². The van der Waals surface area contributed by atoms with E-state index in [0.717, 1.165) is 5.69 Å². The molecule has 1 atom stereocenters. The summed E-state index contributed by atoms with van der Waals surface area (Å²) in [6, 6.07) is 1.01. The van der Waals surface area contributed by atoms with E-state index in [1.54, 1.807) is 23.6 Å². The minimum Gasteiger partial charge on any atom is -0.332 e. The van der Waals surface area contributed by atoms with E-state index in [2.05, 4.69) is 19.8 Å². The second kappa shape index (κ2) is 6.02. The molecule has 1 unspecified atom stereocenters. The molecule has 0 saturated carbocycles. The van der Waals surface area contributed by atoms with E-state index < -0.39 is 16.1 Å². The lowest BCUT2D eigenvalue weighted by Gasteiger charge is -2.32. The second-order valence-corrected chi connectivity index (χ2v) is 7.59. The third kappa shape index (κ3) is 3.06. The third-order valence-corrected chi connectivity index (χ3v) is 5.34. The first-order chi connectivity index (χ1) is 11.3. The number of hydrogen-bond acceptors (Lipinski definition) is 5. The van der Waals surface area contributed by atoms with Crippen LogP contribution in [0.3, 0.4) is 0 Å². The van der Waals surface area contributed by atoms with E-state index >= 15 is 0 Å². The number of sulfonamides is 1. The van der Waals surface area contributed by atoms with Gasteiger partial charge in [-0.25, -0.2) is 13.4 Å². The van der Waals surface area contributed by atoms with Gasteiger partial charge in [-0.2, -0.15) is 9.82 Å². The fraction of sp³-hybridized carbons (Fsp3) is 0.500. The van der Waals surface area contributed by atoms with E-state index in [1.807, 2.05) is 13.0 Å². The molecule has 2 aromatic rings. The zero-order valence-electron chi connectivity index (χ0n) is 13.8. The number of anilines is 1. The Morgan fingerprint density at radius 2 is 2.12 bits per heavy atom. The molecular weight excluding hydrogens is 332 g/mol. The van der Waals surface area contributed by atoms with Crippen molar-refractivity contribution in [1.82, 2.24) is 24.5 Å². The first-order valence-electron chi connectivity index (χ1n) is 7.64. The van der Waals surface area contributed by atoms with Gasteiger partial charge in [0, 0.05) is 19.7 Å². The van der Waals surface area contributed by atoms with E-state index in [9.17, 15) is 13.2 Å². The van der Waals surface area contributed by atoms with Crippen LogP contribution in [0.4, 0.5) is 5.82 Å². The molecule has 1 aliphatic heterocycles. The summed E-state index contributed by atoms with van der Waals surface area (Å²) in [4.78, 5) is 20.9. The monoisotopic (exact) mass is 352 g/mol. The molecule has 24 heavy (non-hydrogen) atoms. The predicted molar refractivity (Wildman–Crippen MR) is 87.0 cm³/mol. The average Bonchev–Trinajstić information content (AvgIpc) is 3.07. The van der Waals surface area contributed by atoms with Gasteiger partial charge in [0.05, 0.1) is 11.9 Å². The number of aromatic amines is 1. The standard InChI is InChI=1S/C14H20N6O3S/c1-9-7-13(19(3)17-9)20-6-4-5-11(14(20)21)18-24(22,23)12-8-15-10(2)16-12/h7-8,11,18H,4-6H2,1-3H3,(H,15,16). The minimum absolute atomic E-state index is 0.0405. The van der Waals surface area contributed by atoms with Crippen molar-refractivity contribution >= 4 is 21.7 Å². The number of H-pyrrole nitrogens is 1. The smallest absolute Gasteiger partial charge is 0.258 e. The Labute approximate surface area is 140 Å². The molecule has 1 amide bonds. The van der Waals surface area contributed by atoms with Gasteiger partial charge in [0.1, 0.15) is 17.7 Å². The highest BCUT2D eigenvalue weighted by atomic mass is 32.2. The summed E-state index contributed by atoms with van der Waals surface area (Å²) in [6.45, 7) is 4.05. The van der Waals surface area contributed by atoms with Crippen LogP contribution < -0.4 is 9.62 Å². The van der Waals surface area contributed by atoms with Crippen molar-refractivity contribution in [3.63, 3.8) is 0 Å². The number of rotatable bonds is 4. The quantitative estimate of drug-likeness (QED) is 0.818. The van der Waals surface area contributed by atoms with Gasteiger partial charge in [-0.15, -0.1) is 0 Å². The largest absolute Gasteiger partial charge is 0.332 e. The summed E-state index contributed by atoms with van der Waals surface area (Å²) in [6.07, 6.45) is 2.40. The normalized spacial score (nSPS) is 19.0. The van der Waals surface area contributed by atoms with Crippen LogP contribution >= 0.6 is 0 Å². The van der Waals surface area contributed by atoms with Crippen LogP contribution in [0.2, 0.25) is 0 Å². The van der Waals surface area contributed by atoms with Gasteiger partial charge in [0.15, 0.2) is 5.03 Å². The van der Waals surface area contributed by atoms with Crippen LogP contribution in [0.1, 0.15) is 24.4 Å². The number of imidazole rings is 1. The lowest BCUT2D eigenvalue weighted by molar-refractivity contribution is -0.121. The number of amides is 1. The summed E-state index contributed by atoms with van der Waals surface area (Å²) < 4.78 is 28.9. The van der Waals surface area contributed by atoms with Crippen LogP contribution in [0, 0.1) is 13.8 Å². The molecule has 2 aromatic heterocycles. The molecule has 1 saturated heterocycles. The Morgan fingerprint density at radius 1 is 1.38 bits per heavy atom. The molecule has 130 valence electrons. The molecule has 0 spiro atoms. The summed E-state index contributed by atoms with van der Waals surface area (Å²) in [5.74, 6) is 0.889. The van der Waals surface area contributed by atoms with Gasteiger partial charge in [0.25, 0.3) is 10.0 Å². The zero-order valence-corrected chi connectivity index (χ0v) is 14.6. The van der Waals surface area contributed by atoms with E-state index in [-0.39, 0.29) is 10.9 Å². The molecule has 0 aliphatic carbocycles. The van der Waals surface area contributed by atoms with Gasteiger partial charge in [-0.05, 0) is 26.7 Å². The molecule has 3 heterocycles. The number of nitrogens with zero attached hydrogens (tertiary/aromatic N) is 4. The molecule has 0 aromatic carbocycles. The molecule has 10 heteroatoms. The fourth-order valence-corrected chi connectivity index (χ4v) is 4.04. The molecule has 0 radical (unpaired) electrons. The maximum Gasteiger partial charge on any atom is 0.258 e. The highest BCUT2D eigenvalue weighted by Crippen LogP contribution is 2.22. The summed E-state index contributed by atoms with van der Waals surface area (Å²) in [5.41, 5.74) is 0.802. The van der Waals surface area contributed by atoms with Crippen LogP contribution in [0.15, 0.2) is 17.3 Å². The number of hydrogen-bond donors (Lipinski definition) is 2. The highest BCUT2D eigenvalue weighted by molar-refractivity contribution is 7.89. The van der Waals surface area contributed by atoms with Gasteiger partial charge in [-0.3, -0.25) is 14.4 Å². The van der Waals surface area contributed by atoms with Gasteiger partial charge >= 0.3 is 0 Å². The Morgan fingerprint density at radius 3 is 2.71 bits per heavy atom. The van der Waals surface area contributed by atoms with Crippen molar-refractivity contribution < 1.29 is 13.2 Å². The maximum absolute atomic E-state index is 12.7. The Balaban J connectivity index is 1.82. The zero-order chi connectivity index (χ0) is 17.5. The minimum atomic E-state index is -3.82. The summed E-state index contributed by atoms with van der Waals surface area (Å²) in [5, 5.41) is 4.20. The van der Waals surface area contributed by atoms with E-state index in [0.29, 0.717) is 31.0 Å². The van der Waals surface area contributed by atoms with Crippen molar-refractivity contribution in [1.29, 1.82) is 0 Å². The lowest BCUT2D eigenvalue weighted by atomic mass is 10.1. The Bertz CT molecular complexity index is 869. The number of carbonyl (C=O) groups is 1. The third-order valence-electron chi connectivity index (χ3n) is 3.96. The highest BCUT2D eigenvalue weighted by Gasteiger charge is 2.34. The van der Waals surface area contributed by atoms with Crippen molar-refractivity contribution in [3.05, 3.63) is 23.8 Å². The SMILES string of the molecule is Cc1cc(N2CCCC(NS(=O)(=O)c3cnc(C)[nH]3)C2=O)n(C)n1. The number of piperidine rings is 1. The molecular formula is C14H20N6O3S. The molecule has 1 aliphatic rings. The molecule has 9 nitrogen and oxygen atoms in total. The van der Waals surface area contributed by atoms with Crippen LogP contribution in [-0.4, -0.2) is 46.7 Å². The van der Waals surface area contributed by atoms with Crippen LogP contribution in [-0.2, 0) is 21.9 Å². The van der Waals surface area contributed by atoms with Gasteiger partial charge in [0.2, 0.25) is 5.91 Å². The lowest BCUT2D eigenvalue weighted by Crippen LogP contribution is -2.52. The van der Waals surface area contributed by atoms with E-state index in [1.165, 1.54) is 6.20 Å². The fourth-order valence-electron chi connectivity index (χ4n) is 2.85. The predicted octanol–water partition coefficient (Wildman–Crippen LogP) is 0.234. The number of nitrogens with one attached hydrogen (secondary N) is 2. The van der Waals surface area contributed by atoms with Gasteiger partial charge in [-0.1, -0.05) is 0 Å². The summed E-state index contributed by atoms with van der Waals surface area (Å²) >= 11 is 0.